The molecule has 3 heterocycles. The van der Waals surface area contributed by atoms with Gasteiger partial charge in [0.05, 0.1) is 35.4 Å². The molecule has 1 unspecified atom stereocenters. The smallest absolute Gasteiger partial charge is 0.353 e. The molecule has 0 N–H and O–H groups in total. The standard InChI is InChI=1S/C5H10O2S.C4H5F3O3S.C4H8O2S.3FH/c6-8(7)4-2-1-3-5-8;5-4(6,7)3-10-1-2-11(3,8)9;5-7(6)3-1-2-4-7;;;/h1-5H2;3H,1-2H2;1-4H2;3*1H. The topological polar surface area (TPSA) is 112 Å². The maximum absolute atomic E-state index is 11.8. The monoisotopic (exact) mass is 504 g/mol. The van der Waals surface area contributed by atoms with E-state index in [1.807, 2.05) is 0 Å². The van der Waals surface area contributed by atoms with E-state index in [-0.39, 0.29) is 20.7 Å². The summed E-state index contributed by atoms with van der Waals surface area (Å²) in [5.41, 5.74) is -2.60. The van der Waals surface area contributed by atoms with E-state index in [0.717, 1.165) is 32.1 Å². The van der Waals surface area contributed by atoms with Gasteiger partial charge in [-0.2, -0.15) is 13.2 Å². The van der Waals surface area contributed by atoms with Gasteiger partial charge in [0, 0.05) is 0 Å². The van der Waals surface area contributed by atoms with Crippen molar-refractivity contribution in [3.63, 3.8) is 0 Å². The Balaban J connectivity index is -0.000000341. The van der Waals surface area contributed by atoms with Crippen LogP contribution in [-0.4, -0.2) is 72.2 Å². The number of hydrogen-bond acceptors (Lipinski definition) is 7. The fraction of sp³-hybridized carbons (Fsp3) is 1.00. The minimum absolute atomic E-state index is 0. The summed E-state index contributed by atoms with van der Waals surface area (Å²) in [6.45, 7) is -0.369. The highest BCUT2D eigenvalue weighted by atomic mass is 32.2. The summed E-state index contributed by atoms with van der Waals surface area (Å²) >= 11 is 0. The quantitative estimate of drug-likeness (QED) is 0.460. The van der Waals surface area contributed by atoms with Crippen molar-refractivity contribution in [2.24, 2.45) is 0 Å². The molecule has 0 aromatic rings. The summed E-state index contributed by atoms with van der Waals surface area (Å²) < 4.78 is 103. The number of halogens is 6. The van der Waals surface area contributed by atoms with Crippen LogP contribution in [0.4, 0.5) is 27.3 Å². The molecule has 3 aliphatic rings. The van der Waals surface area contributed by atoms with Gasteiger partial charge in [0.1, 0.15) is 19.7 Å². The van der Waals surface area contributed by atoms with Crippen molar-refractivity contribution in [3.05, 3.63) is 0 Å². The largest absolute Gasteiger partial charge is 0.429 e. The first kappa shape index (κ1) is 33.0. The van der Waals surface area contributed by atoms with Crippen LogP contribution in [0.5, 0.6) is 0 Å². The SMILES string of the molecule is F.F.F.O=S1(=O)CCCC1.O=S1(=O)CCCCC1.O=S1(=O)CCOC1C(F)(F)F. The van der Waals surface area contributed by atoms with E-state index in [9.17, 15) is 38.4 Å². The summed E-state index contributed by atoms with van der Waals surface area (Å²) in [6, 6.07) is 0. The van der Waals surface area contributed by atoms with E-state index >= 15 is 0 Å². The van der Waals surface area contributed by atoms with Gasteiger partial charge in [-0.15, -0.1) is 0 Å². The number of hydrogen-bond donors (Lipinski definition) is 0. The van der Waals surface area contributed by atoms with Crippen molar-refractivity contribution in [2.45, 2.75) is 43.7 Å². The molecule has 0 amide bonds. The predicted octanol–water partition coefficient (Wildman–Crippen LogP) is 1.56. The minimum atomic E-state index is -4.80. The Morgan fingerprint density at radius 1 is 0.621 bits per heavy atom. The number of ether oxygens (including phenoxy) is 1. The minimum Gasteiger partial charge on any atom is -0.353 e. The summed E-state index contributed by atoms with van der Waals surface area (Å²) in [5, 5.41) is 0. The second-order valence-corrected chi connectivity index (χ2v) is 13.0. The van der Waals surface area contributed by atoms with Gasteiger partial charge in [-0.05, 0) is 25.7 Å². The van der Waals surface area contributed by atoms with Gasteiger partial charge in [0.2, 0.25) is 0 Å². The Morgan fingerprint density at radius 2 is 0.966 bits per heavy atom. The normalized spacial score (nSPS) is 26.0. The molecule has 1 atom stereocenters. The molecule has 29 heavy (non-hydrogen) atoms. The fourth-order valence-corrected chi connectivity index (χ4v) is 6.69. The molecule has 0 spiro atoms. The van der Waals surface area contributed by atoms with Gasteiger partial charge in [0.25, 0.3) is 5.44 Å². The molecule has 3 rings (SSSR count). The van der Waals surface area contributed by atoms with Crippen LogP contribution in [-0.2, 0) is 34.2 Å². The lowest BCUT2D eigenvalue weighted by molar-refractivity contribution is -0.185. The molecule has 0 aromatic carbocycles. The molecule has 180 valence electrons. The molecule has 7 nitrogen and oxygen atoms in total. The maximum atomic E-state index is 11.8. The molecule has 16 heteroatoms. The van der Waals surface area contributed by atoms with Crippen LogP contribution in [0.1, 0.15) is 32.1 Å². The van der Waals surface area contributed by atoms with Crippen LogP contribution in [0.25, 0.3) is 0 Å². The van der Waals surface area contributed by atoms with E-state index in [4.69, 9.17) is 0 Å². The number of alkyl halides is 3. The zero-order valence-electron chi connectivity index (χ0n) is 15.3. The van der Waals surface area contributed by atoms with Crippen molar-refractivity contribution < 1.29 is 57.3 Å². The van der Waals surface area contributed by atoms with Crippen molar-refractivity contribution in [1.29, 1.82) is 0 Å². The highest BCUT2D eigenvalue weighted by molar-refractivity contribution is 7.92. The third kappa shape index (κ3) is 12.6. The Kier molecular flexibility index (Phi) is 14.7. The Morgan fingerprint density at radius 3 is 1.14 bits per heavy atom. The van der Waals surface area contributed by atoms with Crippen molar-refractivity contribution in [1.82, 2.24) is 0 Å². The Hall–Kier alpha value is -0.610. The zero-order chi connectivity index (χ0) is 20.1. The van der Waals surface area contributed by atoms with Gasteiger partial charge in [0.15, 0.2) is 9.84 Å². The second-order valence-electron chi connectivity index (χ2n) is 6.18. The van der Waals surface area contributed by atoms with Crippen molar-refractivity contribution in [3.8, 4) is 0 Å². The first-order valence-electron chi connectivity index (χ1n) is 8.06. The summed E-state index contributed by atoms with van der Waals surface area (Å²) in [5.74, 6) is 1.15. The van der Waals surface area contributed by atoms with Gasteiger partial charge in [-0.3, -0.25) is 14.1 Å². The van der Waals surface area contributed by atoms with Gasteiger partial charge in [-0.25, -0.2) is 25.3 Å². The van der Waals surface area contributed by atoms with Gasteiger partial charge >= 0.3 is 6.18 Å². The predicted molar refractivity (Wildman–Crippen MR) is 97.5 cm³/mol. The van der Waals surface area contributed by atoms with E-state index in [1.165, 1.54) is 0 Å². The number of sulfone groups is 3. The van der Waals surface area contributed by atoms with E-state index < -0.39 is 46.9 Å². The number of rotatable bonds is 0. The van der Waals surface area contributed by atoms with Crippen LogP contribution in [0, 0.1) is 0 Å². The van der Waals surface area contributed by atoms with Crippen LogP contribution in [0.2, 0.25) is 0 Å². The fourth-order valence-electron chi connectivity index (χ4n) is 2.45. The third-order valence-electron chi connectivity index (χ3n) is 3.80. The molecular formula is C13H26F6O7S3. The van der Waals surface area contributed by atoms with Crippen LogP contribution >= 0.6 is 0 Å². The molecule has 0 aromatic heterocycles. The summed E-state index contributed by atoms with van der Waals surface area (Å²) in [6.07, 6.45) is -0.191. The highest BCUT2D eigenvalue weighted by Gasteiger charge is 2.52. The Labute approximate surface area is 166 Å². The van der Waals surface area contributed by atoms with E-state index in [0.29, 0.717) is 23.0 Å². The third-order valence-corrected chi connectivity index (χ3v) is 9.24. The lowest BCUT2D eigenvalue weighted by atomic mass is 10.3. The molecule has 0 saturated carbocycles. The molecule has 3 fully saturated rings. The van der Waals surface area contributed by atoms with Crippen LogP contribution in [0.15, 0.2) is 0 Å². The van der Waals surface area contributed by atoms with Crippen LogP contribution in [0.3, 0.4) is 0 Å². The van der Waals surface area contributed by atoms with Crippen molar-refractivity contribution in [2.75, 3.05) is 35.4 Å². The van der Waals surface area contributed by atoms with E-state index in [1.54, 1.807) is 0 Å². The summed E-state index contributed by atoms with van der Waals surface area (Å²) in [4.78, 5) is 0. The van der Waals surface area contributed by atoms with Crippen molar-refractivity contribution >= 4 is 29.5 Å². The molecular weight excluding hydrogens is 478 g/mol. The molecule has 3 aliphatic heterocycles. The van der Waals surface area contributed by atoms with Gasteiger partial charge < -0.3 is 4.74 Å². The molecule has 0 bridgehead atoms. The average molecular weight is 505 g/mol. The lowest BCUT2D eigenvalue weighted by Crippen LogP contribution is -2.34. The van der Waals surface area contributed by atoms with Crippen LogP contribution < -0.4 is 0 Å². The first-order chi connectivity index (χ1) is 11.8. The maximum Gasteiger partial charge on any atom is 0.429 e. The molecule has 0 radical (unpaired) electrons. The Bertz CT molecular complexity index is 739. The highest BCUT2D eigenvalue weighted by Crippen LogP contribution is 2.30. The second kappa shape index (κ2) is 12.9. The molecule has 0 aliphatic carbocycles. The molecule has 3 saturated heterocycles. The van der Waals surface area contributed by atoms with E-state index in [2.05, 4.69) is 4.74 Å². The summed E-state index contributed by atoms with van der Waals surface area (Å²) in [7, 11) is -9.22. The lowest BCUT2D eigenvalue weighted by Gasteiger charge is -2.11. The zero-order valence-corrected chi connectivity index (χ0v) is 17.7. The first-order valence-corrected chi connectivity index (χ1v) is 13.4. The van der Waals surface area contributed by atoms with Gasteiger partial charge in [-0.1, -0.05) is 6.42 Å². The average Bonchev–Trinajstić information content (AvgIpc) is 3.04.